The second kappa shape index (κ2) is 5.31. The molecule has 0 atom stereocenters. The lowest BCUT2D eigenvalue weighted by Gasteiger charge is -2.06. The summed E-state index contributed by atoms with van der Waals surface area (Å²) in [6.07, 6.45) is 0. The number of rotatable bonds is 3. The van der Waals surface area contributed by atoms with Crippen LogP contribution in [0.4, 0.5) is 0 Å². The number of aromatic nitrogens is 1. The van der Waals surface area contributed by atoms with Gasteiger partial charge in [-0.3, -0.25) is 0 Å². The van der Waals surface area contributed by atoms with Crippen LogP contribution in [0, 0.1) is 0 Å². The number of thiazole rings is 1. The van der Waals surface area contributed by atoms with E-state index in [-0.39, 0.29) is 5.97 Å². The highest BCUT2D eigenvalue weighted by Crippen LogP contribution is 2.29. The molecule has 2 aromatic rings. The SMILES string of the molecule is COC(=O)c1ncsc1-c1ccc(C(C)C)cc1. The van der Waals surface area contributed by atoms with E-state index in [1.54, 1.807) is 5.51 Å². The molecule has 18 heavy (non-hydrogen) atoms. The molecule has 1 aromatic heterocycles. The first-order valence-corrected chi connectivity index (χ1v) is 6.63. The van der Waals surface area contributed by atoms with Gasteiger partial charge in [0.25, 0.3) is 0 Å². The van der Waals surface area contributed by atoms with Crippen molar-refractivity contribution in [2.45, 2.75) is 19.8 Å². The average Bonchev–Trinajstić information content (AvgIpc) is 2.87. The molecule has 0 fully saturated rings. The molecule has 4 heteroatoms. The fraction of sp³-hybridized carbons (Fsp3) is 0.286. The Kier molecular flexibility index (Phi) is 3.77. The number of hydrogen-bond acceptors (Lipinski definition) is 4. The van der Waals surface area contributed by atoms with Crippen LogP contribution < -0.4 is 0 Å². The minimum atomic E-state index is -0.390. The van der Waals surface area contributed by atoms with Crippen LogP contribution in [0.25, 0.3) is 10.4 Å². The Balaban J connectivity index is 2.37. The number of ether oxygens (including phenoxy) is 1. The van der Waals surface area contributed by atoms with Gasteiger partial charge in [-0.1, -0.05) is 38.1 Å². The van der Waals surface area contributed by atoms with Gasteiger partial charge in [0.05, 0.1) is 17.5 Å². The van der Waals surface area contributed by atoms with Gasteiger partial charge in [-0.2, -0.15) is 0 Å². The molecule has 1 heterocycles. The lowest BCUT2D eigenvalue weighted by molar-refractivity contribution is 0.0596. The van der Waals surface area contributed by atoms with Crippen LogP contribution in [0.3, 0.4) is 0 Å². The van der Waals surface area contributed by atoms with E-state index in [0.717, 1.165) is 10.4 Å². The molecule has 0 aliphatic heterocycles. The van der Waals surface area contributed by atoms with Crippen molar-refractivity contribution in [2.75, 3.05) is 7.11 Å². The maximum absolute atomic E-state index is 11.6. The number of carbonyl (C=O) groups excluding carboxylic acids is 1. The molecule has 0 bridgehead atoms. The first kappa shape index (κ1) is 12.8. The van der Waals surface area contributed by atoms with Gasteiger partial charge in [0, 0.05) is 0 Å². The number of esters is 1. The Labute approximate surface area is 110 Å². The Morgan fingerprint density at radius 2 is 1.94 bits per heavy atom. The quantitative estimate of drug-likeness (QED) is 0.790. The molecule has 0 amide bonds. The van der Waals surface area contributed by atoms with E-state index >= 15 is 0 Å². The normalized spacial score (nSPS) is 10.7. The Morgan fingerprint density at radius 3 is 2.50 bits per heavy atom. The fourth-order valence-corrected chi connectivity index (χ4v) is 2.50. The summed E-state index contributed by atoms with van der Waals surface area (Å²) in [6.45, 7) is 4.31. The van der Waals surface area contributed by atoms with Gasteiger partial charge >= 0.3 is 5.97 Å². The molecule has 0 aliphatic carbocycles. The maximum Gasteiger partial charge on any atom is 0.358 e. The van der Waals surface area contributed by atoms with E-state index in [1.807, 2.05) is 12.1 Å². The van der Waals surface area contributed by atoms with Crippen LogP contribution >= 0.6 is 11.3 Å². The van der Waals surface area contributed by atoms with Gasteiger partial charge < -0.3 is 4.74 Å². The third-order valence-corrected chi connectivity index (χ3v) is 3.66. The Bertz CT molecular complexity index is 543. The van der Waals surface area contributed by atoms with Crippen molar-refractivity contribution < 1.29 is 9.53 Å². The summed E-state index contributed by atoms with van der Waals surface area (Å²) in [5, 5.41) is 0. The number of methoxy groups -OCH3 is 1. The second-order valence-corrected chi connectivity index (χ2v) is 5.15. The molecule has 94 valence electrons. The van der Waals surface area contributed by atoms with Gasteiger partial charge in [-0.15, -0.1) is 11.3 Å². The molecule has 2 rings (SSSR count). The molecule has 0 unspecified atom stereocenters. The monoisotopic (exact) mass is 261 g/mol. The number of nitrogens with zero attached hydrogens (tertiary/aromatic N) is 1. The van der Waals surface area contributed by atoms with Crippen LogP contribution in [0.15, 0.2) is 29.8 Å². The number of benzene rings is 1. The zero-order chi connectivity index (χ0) is 13.1. The number of hydrogen-bond donors (Lipinski definition) is 0. The average molecular weight is 261 g/mol. The van der Waals surface area contributed by atoms with Crippen molar-refractivity contribution in [1.82, 2.24) is 4.98 Å². The highest BCUT2D eigenvalue weighted by Gasteiger charge is 2.16. The summed E-state index contributed by atoms with van der Waals surface area (Å²) in [5.74, 6) is 0.111. The van der Waals surface area contributed by atoms with E-state index in [4.69, 9.17) is 4.74 Å². The Hall–Kier alpha value is -1.68. The summed E-state index contributed by atoms with van der Waals surface area (Å²) in [4.78, 5) is 16.5. The van der Waals surface area contributed by atoms with Gasteiger partial charge in [-0.25, -0.2) is 9.78 Å². The van der Waals surface area contributed by atoms with Gasteiger partial charge in [-0.05, 0) is 17.0 Å². The summed E-state index contributed by atoms with van der Waals surface area (Å²) in [6, 6.07) is 8.21. The van der Waals surface area contributed by atoms with Crippen molar-refractivity contribution in [3.8, 4) is 10.4 Å². The van der Waals surface area contributed by atoms with E-state index in [0.29, 0.717) is 11.6 Å². The topological polar surface area (TPSA) is 39.2 Å². The van der Waals surface area contributed by atoms with Crippen LogP contribution in [0.1, 0.15) is 35.8 Å². The van der Waals surface area contributed by atoms with Crippen LogP contribution in [-0.2, 0) is 4.74 Å². The molecule has 0 radical (unpaired) electrons. The lowest BCUT2D eigenvalue weighted by atomic mass is 10.0. The molecule has 0 saturated carbocycles. The van der Waals surface area contributed by atoms with Crippen molar-refractivity contribution in [3.63, 3.8) is 0 Å². The maximum atomic E-state index is 11.6. The van der Waals surface area contributed by atoms with Crippen molar-refractivity contribution >= 4 is 17.3 Å². The minimum absolute atomic E-state index is 0.389. The fourth-order valence-electron chi connectivity index (χ4n) is 1.71. The van der Waals surface area contributed by atoms with Gasteiger partial charge in [0.1, 0.15) is 0 Å². The molecule has 0 saturated heterocycles. The van der Waals surface area contributed by atoms with Crippen molar-refractivity contribution in [3.05, 3.63) is 41.0 Å². The first-order chi connectivity index (χ1) is 8.63. The summed E-state index contributed by atoms with van der Waals surface area (Å²) < 4.78 is 4.72. The van der Waals surface area contributed by atoms with E-state index in [1.165, 1.54) is 24.0 Å². The molecule has 0 N–H and O–H groups in total. The standard InChI is InChI=1S/C14H15NO2S/c1-9(2)10-4-6-11(7-5-10)13-12(14(16)17-3)15-8-18-13/h4-9H,1-3H3. The van der Waals surface area contributed by atoms with Crippen LogP contribution in [0.5, 0.6) is 0 Å². The zero-order valence-electron chi connectivity index (χ0n) is 10.6. The van der Waals surface area contributed by atoms with Crippen LogP contribution in [0.2, 0.25) is 0 Å². The van der Waals surface area contributed by atoms with Crippen LogP contribution in [-0.4, -0.2) is 18.1 Å². The largest absolute Gasteiger partial charge is 0.464 e. The van der Waals surface area contributed by atoms with Crippen molar-refractivity contribution in [2.24, 2.45) is 0 Å². The van der Waals surface area contributed by atoms with Gasteiger partial charge in [0.2, 0.25) is 0 Å². The number of carbonyl (C=O) groups is 1. The van der Waals surface area contributed by atoms with E-state index in [9.17, 15) is 4.79 Å². The summed E-state index contributed by atoms with van der Waals surface area (Å²) in [5.41, 5.74) is 4.34. The second-order valence-electron chi connectivity index (χ2n) is 4.30. The zero-order valence-corrected chi connectivity index (χ0v) is 11.5. The molecule has 3 nitrogen and oxygen atoms in total. The smallest absolute Gasteiger partial charge is 0.358 e. The Morgan fingerprint density at radius 1 is 1.28 bits per heavy atom. The van der Waals surface area contributed by atoms with E-state index < -0.39 is 0 Å². The molecular weight excluding hydrogens is 246 g/mol. The predicted molar refractivity (Wildman–Crippen MR) is 73.0 cm³/mol. The molecular formula is C14H15NO2S. The predicted octanol–water partition coefficient (Wildman–Crippen LogP) is 3.72. The third kappa shape index (κ3) is 2.43. The molecule has 0 spiro atoms. The molecule has 1 aromatic carbocycles. The minimum Gasteiger partial charge on any atom is -0.464 e. The molecule has 0 aliphatic rings. The third-order valence-electron chi connectivity index (χ3n) is 2.79. The summed E-state index contributed by atoms with van der Waals surface area (Å²) in [7, 11) is 1.37. The van der Waals surface area contributed by atoms with Crippen molar-refractivity contribution in [1.29, 1.82) is 0 Å². The van der Waals surface area contributed by atoms with E-state index in [2.05, 4.69) is 31.0 Å². The highest BCUT2D eigenvalue weighted by atomic mass is 32.1. The lowest BCUT2D eigenvalue weighted by Crippen LogP contribution is -2.02. The highest BCUT2D eigenvalue weighted by molar-refractivity contribution is 7.13. The first-order valence-electron chi connectivity index (χ1n) is 5.75. The van der Waals surface area contributed by atoms with Gasteiger partial charge in [0.15, 0.2) is 5.69 Å². The summed E-state index contributed by atoms with van der Waals surface area (Å²) >= 11 is 1.45.